The van der Waals surface area contributed by atoms with Crippen LogP contribution in [-0.2, 0) is 19.4 Å². The van der Waals surface area contributed by atoms with E-state index in [1.165, 1.54) is 6.92 Å². The first kappa shape index (κ1) is 17.9. The third-order valence-corrected chi connectivity index (χ3v) is 5.48. The van der Waals surface area contributed by atoms with Crippen LogP contribution < -0.4 is 5.32 Å². The molecule has 0 aromatic heterocycles. The number of carboxylic acids is 1. The largest absolute Gasteiger partial charge is 0.480 e. The standard InChI is InChI=1S/C13H24N2O5S/c1-10(16)14-12(13(17)18)9-21(19,20)8-6-11-5-3-4-7-15(11)2/h11-12H,3-9H2,1-2H3,(H,14,16)(H,17,18)/t11?,12-/m0/s1. The lowest BCUT2D eigenvalue weighted by Crippen LogP contribution is -2.45. The Hall–Kier alpha value is -1.15. The van der Waals surface area contributed by atoms with E-state index in [4.69, 9.17) is 5.11 Å². The molecular formula is C13H24N2O5S. The van der Waals surface area contributed by atoms with Crippen molar-refractivity contribution < 1.29 is 23.1 Å². The first-order valence-corrected chi connectivity index (χ1v) is 8.94. The van der Waals surface area contributed by atoms with Gasteiger partial charge in [-0.15, -0.1) is 0 Å². The van der Waals surface area contributed by atoms with Crippen LogP contribution in [0.3, 0.4) is 0 Å². The zero-order chi connectivity index (χ0) is 16.0. The molecule has 1 aliphatic rings. The topological polar surface area (TPSA) is 104 Å². The fraction of sp³-hybridized carbons (Fsp3) is 0.846. The summed E-state index contributed by atoms with van der Waals surface area (Å²) in [6.07, 6.45) is 3.70. The number of hydrogen-bond acceptors (Lipinski definition) is 5. The highest BCUT2D eigenvalue weighted by atomic mass is 32.2. The van der Waals surface area contributed by atoms with Gasteiger partial charge in [0.2, 0.25) is 5.91 Å². The van der Waals surface area contributed by atoms with Crippen LogP contribution in [0.15, 0.2) is 0 Å². The van der Waals surface area contributed by atoms with Crippen molar-refractivity contribution in [2.45, 2.75) is 44.7 Å². The predicted octanol–water partition coefficient (Wildman–Crippen LogP) is -0.135. The average molecular weight is 320 g/mol. The molecule has 1 amide bonds. The molecule has 1 fully saturated rings. The van der Waals surface area contributed by atoms with Crippen LogP contribution in [-0.4, -0.2) is 67.5 Å². The van der Waals surface area contributed by atoms with E-state index in [-0.39, 0.29) is 11.8 Å². The summed E-state index contributed by atoms with van der Waals surface area (Å²) in [5.74, 6) is -2.49. The van der Waals surface area contributed by atoms with Crippen molar-refractivity contribution in [2.75, 3.05) is 25.1 Å². The molecule has 1 aliphatic heterocycles. The highest BCUT2D eigenvalue weighted by Crippen LogP contribution is 2.18. The number of carboxylic acid groups (broad SMARTS) is 1. The van der Waals surface area contributed by atoms with E-state index in [2.05, 4.69) is 10.2 Å². The van der Waals surface area contributed by atoms with Crippen molar-refractivity contribution >= 4 is 21.7 Å². The van der Waals surface area contributed by atoms with Crippen molar-refractivity contribution in [3.8, 4) is 0 Å². The SMILES string of the molecule is CC(=O)N[C@@H](CS(=O)(=O)CCC1CCCCN1C)C(=O)O. The number of likely N-dealkylation sites (tertiary alicyclic amines) is 1. The highest BCUT2D eigenvalue weighted by Gasteiger charge is 2.27. The normalized spacial score (nSPS) is 21.7. The van der Waals surface area contributed by atoms with Crippen LogP contribution in [0.4, 0.5) is 0 Å². The quantitative estimate of drug-likeness (QED) is 0.677. The lowest BCUT2D eigenvalue weighted by Gasteiger charge is -2.32. The molecule has 2 atom stereocenters. The second kappa shape index (κ2) is 7.74. The summed E-state index contributed by atoms with van der Waals surface area (Å²) in [5.41, 5.74) is 0. The fourth-order valence-corrected chi connectivity index (χ4v) is 4.11. The van der Waals surface area contributed by atoms with Crippen LogP contribution in [0, 0.1) is 0 Å². The molecular weight excluding hydrogens is 296 g/mol. The Morgan fingerprint density at radius 3 is 2.57 bits per heavy atom. The Labute approximate surface area is 125 Å². The molecule has 21 heavy (non-hydrogen) atoms. The number of nitrogens with zero attached hydrogens (tertiary/aromatic N) is 1. The maximum Gasteiger partial charge on any atom is 0.327 e. The van der Waals surface area contributed by atoms with E-state index in [1.807, 2.05) is 7.05 Å². The van der Waals surface area contributed by atoms with Gasteiger partial charge in [-0.3, -0.25) is 4.79 Å². The first-order chi connectivity index (χ1) is 9.71. The molecule has 0 aromatic rings. The van der Waals surface area contributed by atoms with Crippen molar-refractivity contribution in [3.05, 3.63) is 0 Å². The van der Waals surface area contributed by atoms with Crippen LogP contribution >= 0.6 is 0 Å². The number of hydrogen-bond donors (Lipinski definition) is 2. The zero-order valence-corrected chi connectivity index (χ0v) is 13.4. The minimum atomic E-state index is -3.52. The van der Waals surface area contributed by atoms with Gasteiger partial charge in [0.25, 0.3) is 0 Å². The molecule has 0 radical (unpaired) electrons. The monoisotopic (exact) mass is 320 g/mol. The van der Waals surface area contributed by atoms with Gasteiger partial charge in [0.15, 0.2) is 9.84 Å². The summed E-state index contributed by atoms with van der Waals surface area (Å²) in [6.45, 7) is 2.13. The lowest BCUT2D eigenvalue weighted by atomic mass is 10.0. The molecule has 7 nitrogen and oxygen atoms in total. The van der Waals surface area contributed by atoms with E-state index in [1.54, 1.807) is 0 Å². The third kappa shape index (κ3) is 6.43. The van der Waals surface area contributed by atoms with Gasteiger partial charge in [-0.2, -0.15) is 0 Å². The maximum absolute atomic E-state index is 12.0. The summed E-state index contributed by atoms with van der Waals surface area (Å²) in [6, 6.07) is -1.14. The molecule has 0 saturated carbocycles. The van der Waals surface area contributed by atoms with Crippen molar-refractivity contribution in [3.63, 3.8) is 0 Å². The second-order valence-electron chi connectivity index (χ2n) is 5.62. The van der Waals surface area contributed by atoms with Gasteiger partial charge >= 0.3 is 5.97 Å². The number of rotatable bonds is 7. The Kier molecular flexibility index (Phi) is 6.60. The minimum Gasteiger partial charge on any atom is -0.480 e. The Balaban J connectivity index is 2.55. The van der Waals surface area contributed by atoms with Crippen molar-refractivity contribution in [1.82, 2.24) is 10.2 Å². The molecule has 122 valence electrons. The number of carbonyl (C=O) groups excluding carboxylic acids is 1. The molecule has 1 heterocycles. The van der Waals surface area contributed by atoms with Gasteiger partial charge in [0.05, 0.1) is 11.5 Å². The number of piperidine rings is 1. The van der Waals surface area contributed by atoms with E-state index in [9.17, 15) is 18.0 Å². The number of nitrogens with one attached hydrogen (secondary N) is 1. The molecule has 1 unspecified atom stereocenters. The number of amides is 1. The van der Waals surface area contributed by atoms with E-state index in [0.717, 1.165) is 25.8 Å². The lowest BCUT2D eigenvalue weighted by molar-refractivity contribution is -0.140. The summed E-state index contributed by atoms with van der Waals surface area (Å²) < 4.78 is 24.1. The summed E-state index contributed by atoms with van der Waals surface area (Å²) in [4.78, 5) is 24.1. The third-order valence-electron chi connectivity index (χ3n) is 3.78. The van der Waals surface area contributed by atoms with Crippen LogP contribution in [0.5, 0.6) is 0 Å². The average Bonchev–Trinajstić information content (AvgIpc) is 2.36. The van der Waals surface area contributed by atoms with Gasteiger partial charge in [-0.25, -0.2) is 13.2 Å². The van der Waals surface area contributed by atoms with Gasteiger partial charge < -0.3 is 15.3 Å². The van der Waals surface area contributed by atoms with Gasteiger partial charge in [-0.1, -0.05) is 6.42 Å². The number of aliphatic carboxylic acids is 1. The van der Waals surface area contributed by atoms with Gasteiger partial charge in [-0.05, 0) is 32.9 Å². The van der Waals surface area contributed by atoms with E-state index in [0.29, 0.717) is 6.42 Å². The Morgan fingerprint density at radius 2 is 2.05 bits per heavy atom. The molecule has 0 spiro atoms. The molecule has 1 rings (SSSR count). The molecule has 8 heteroatoms. The molecule has 1 saturated heterocycles. The fourth-order valence-electron chi connectivity index (χ4n) is 2.58. The zero-order valence-electron chi connectivity index (χ0n) is 12.5. The minimum absolute atomic E-state index is 0.0502. The second-order valence-corrected chi connectivity index (χ2v) is 7.85. The van der Waals surface area contributed by atoms with Crippen LogP contribution in [0.2, 0.25) is 0 Å². The Bertz CT molecular complexity index is 477. The van der Waals surface area contributed by atoms with E-state index < -0.39 is 33.5 Å². The molecule has 0 bridgehead atoms. The summed E-state index contributed by atoms with van der Waals surface area (Å²) in [5, 5.41) is 11.1. The van der Waals surface area contributed by atoms with Crippen LogP contribution in [0.25, 0.3) is 0 Å². The predicted molar refractivity (Wildman–Crippen MR) is 78.8 cm³/mol. The highest BCUT2D eigenvalue weighted by molar-refractivity contribution is 7.91. The van der Waals surface area contributed by atoms with Crippen LogP contribution in [0.1, 0.15) is 32.6 Å². The Morgan fingerprint density at radius 1 is 1.38 bits per heavy atom. The number of carbonyl (C=O) groups is 2. The number of sulfone groups is 1. The molecule has 2 N–H and O–H groups in total. The van der Waals surface area contributed by atoms with Crippen molar-refractivity contribution in [2.24, 2.45) is 0 Å². The maximum atomic E-state index is 12.0. The molecule has 0 aliphatic carbocycles. The van der Waals surface area contributed by atoms with E-state index >= 15 is 0 Å². The molecule has 0 aromatic carbocycles. The van der Waals surface area contributed by atoms with Gasteiger partial charge in [0.1, 0.15) is 6.04 Å². The first-order valence-electron chi connectivity index (χ1n) is 7.12. The summed E-state index contributed by atoms with van der Waals surface area (Å²) in [7, 11) is -1.54. The van der Waals surface area contributed by atoms with Crippen molar-refractivity contribution in [1.29, 1.82) is 0 Å². The summed E-state index contributed by atoms with van der Waals surface area (Å²) >= 11 is 0. The smallest absolute Gasteiger partial charge is 0.327 e. The van der Waals surface area contributed by atoms with Gasteiger partial charge in [0, 0.05) is 13.0 Å².